The highest BCUT2D eigenvalue weighted by Gasteiger charge is 2.26. The van der Waals surface area contributed by atoms with Crippen LogP contribution in [-0.4, -0.2) is 62.5 Å². The van der Waals surface area contributed by atoms with Crippen molar-refractivity contribution in [3.63, 3.8) is 0 Å². The molecule has 0 radical (unpaired) electrons. The molecule has 0 heterocycles. The Morgan fingerprint density at radius 1 is 0.527 bits per heavy atom. The highest BCUT2D eigenvalue weighted by atomic mass is 31.2. The largest absolute Gasteiger partial charge is 0.472 e. The van der Waals surface area contributed by atoms with Crippen molar-refractivity contribution in [1.29, 1.82) is 0 Å². The second-order valence-electron chi connectivity index (χ2n) is 15.2. The minimum atomic E-state index is -4.53. The Morgan fingerprint density at radius 3 is 1.27 bits per heavy atom. The van der Waals surface area contributed by atoms with Gasteiger partial charge >= 0.3 is 25.9 Å². The second kappa shape index (κ2) is 40.5. The fourth-order valence-corrected chi connectivity index (χ4v) is 7.25. The maximum atomic E-state index is 12.7. The zero-order valence-electron chi connectivity index (χ0n) is 35.6. The molecule has 0 aliphatic rings. The molecule has 0 aliphatic heterocycles. The van der Waals surface area contributed by atoms with Crippen LogP contribution in [0.1, 0.15) is 219 Å². The Kier molecular flexibility index (Phi) is 39.3. The fourth-order valence-electron chi connectivity index (χ4n) is 6.50. The van der Waals surface area contributed by atoms with Gasteiger partial charge in [-0.2, -0.15) is 0 Å². The molecule has 2 atom stereocenters. The Balaban J connectivity index is 4.32. The van der Waals surface area contributed by atoms with Crippen molar-refractivity contribution < 1.29 is 47.1 Å². The van der Waals surface area contributed by atoms with E-state index in [1.807, 2.05) is 0 Å². The molecule has 1 amide bonds. The van der Waals surface area contributed by atoms with E-state index in [1.54, 1.807) is 0 Å². The van der Waals surface area contributed by atoms with Crippen molar-refractivity contribution >= 4 is 25.9 Å². The van der Waals surface area contributed by atoms with E-state index in [2.05, 4.69) is 23.9 Å². The summed E-state index contributed by atoms with van der Waals surface area (Å²) in [5.74, 6) is -0.881. The molecule has 0 saturated carbocycles. The number of hydrogen-bond acceptors (Lipinski definition) is 9. The number of esters is 2. The molecule has 0 spiro atoms. The van der Waals surface area contributed by atoms with E-state index in [9.17, 15) is 23.8 Å². The summed E-state index contributed by atoms with van der Waals surface area (Å²) >= 11 is 0. The summed E-state index contributed by atoms with van der Waals surface area (Å²) in [5.41, 5.74) is 0. The Labute approximate surface area is 336 Å². The molecule has 0 aliphatic carbocycles. The maximum Gasteiger partial charge on any atom is 0.472 e. The van der Waals surface area contributed by atoms with Crippen LogP contribution >= 0.6 is 7.82 Å². The first kappa shape index (κ1) is 53.3. The van der Waals surface area contributed by atoms with Crippen molar-refractivity contribution in [2.45, 2.75) is 225 Å². The minimum absolute atomic E-state index is 0.0742. The smallest absolute Gasteiger partial charge is 0.462 e. The third-order valence-corrected chi connectivity index (χ3v) is 10.9. The van der Waals surface area contributed by atoms with Gasteiger partial charge in [-0.1, -0.05) is 194 Å². The number of unbranched alkanes of at least 4 members (excludes halogenated alkanes) is 28. The SMILES string of the molecule is CCCCCCCCCCCCCCCCCC(=O)OCC(COP(=O)(O)OCCNC(=O)OC)OC(=O)CCCCCCCCCCCCCCCCC. The Hall–Kier alpha value is -1.68. The lowest BCUT2D eigenvalue weighted by Crippen LogP contribution is -2.30. The molecule has 0 aromatic carbocycles. The van der Waals surface area contributed by atoms with Gasteiger partial charge in [0.15, 0.2) is 6.10 Å². The summed E-state index contributed by atoms with van der Waals surface area (Å²) in [4.78, 5) is 46.4. The van der Waals surface area contributed by atoms with Crippen LogP contribution in [0.25, 0.3) is 0 Å². The molecule has 0 aromatic rings. The first-order chi connectivity index (χ1) is 26.7. The third-order valence-electron chi connectivity index (χ3n) is 9.93. The van der Waals surface area contributed by atoms with Gasteiger partial charge in [-0.15, -0.1) is 0 Å². The van der Waals surface area contributed by atoms with E-state index in [1.165, 1.54) is 155 Å². The number of nitrogens with one attached hydrogen (secondary N) is 1. The number of rotatable bonds is 42. The minimum Gasteiger partial charge on any atom is -0.462 e. The Bertz CT molecular complexity index is 937. The van der Waals surface area contributed by atoms with Crippen molar-refractivity contribution in [3.8, 4) is 0 Å². The number of phosphoric ester groups is 1. The molecular weight excluding hydrogens is 721 g/mol. The summed E-state index contributed by atoms with van der Waals surface area (Å²) in [6.45, 7) is 3.35. The highest BCUT2D eigenvalue weighted by molar-refractivity contribution is 7.47. The van der Waals surface area contributed by atoms with E-state index in [0.717, 1.165) is 38.5 Å². The second-order valence-corrected chi connectivity index (χ2v) is 16.7. The molecule has 12 heteroatoms. The topological polar surface area (TPSA) is 147 Å². The lowest BCUT2D eigenvalue weighted by molar-refractivity contribution is -0.161. The maximum absolute atomic E-state index is 12.7. The predicted octanol–water partition coefficient (Wildman–Crippen LogP) is 12.5. The molecule has 0 fully saturated rings. The van der Waals surface area contributed by atoms with Crippen LogP contribution in [0.4, 0.5) is 4.79 Å². The number of carbonyl (C=O) groups is 3. The summed E-state index contributed by atoms with van der Waals surface area (Å²) < 4.78 is 37.6. The fraction of sp³-hybridized carbons (Fsp3) is 0.930. The van der Waals surface area contributed by atoms with Gasteiger partial charge < -0.3 is 24.4 Å². The summed E-state index contributed by atoms with van der Waals surface area (Å²) in [7, 11) is -3.33. The molecule has 0 rings (SSSR count). The van der Waals surface area contributed by atoms with Gasteiger partial charge in [0.25, 0.3) is 0 Å². The van der Waals surface area contributed by atoms with Gasteiger partial charge in [-0.3, -0.25) is 18.6 Å². The van der Waals surface area contributed by atoms with E-state index in [0.29, 0.717) is 6.42 Å². The summed E-state index contributed by atoms with van der Waals surface area (Å²) in [5, 5.41) is 2.33. The van der Waals surface area contributed by atoms with Gasteiger partial charge in [0.2, 0.25) is 0 Å². The van der Waals surface area contributed by atoms with Crippen LogP contribution in [0, 0.1) is 0 Å². The third kappa shape index (κ3) is 40.3. The highest BCUT2D eigenvalue weighted by Crippen LogP contribution is 2.43. The average molecular weight is 806 g/mol. The monoisotopic (exact) mass is 806 g/mol. The molecular formula is C43H84NO10P. The lowest BCUT2D eigenvalue weighted by Gasteiger charge is -2.20. The van der Waals surface area contributed by atoms with Crippen molar-refractivity contribution in [2.75, 3.05) is 33.5 Å². The van der Waals surface area contributed by atoms with Crippen LogP contribution in [-0.2, 0) is 37.4 Å². The van der Waals surface area contributed by atoms with E-state index < -0.39 is 38.6 Å². The molecule has 0 saturated heterocycles. The zero-order chi connectivity index (χ0) is 40.5. The van der Waals surface area contributed by atoms with E-state index >= 15 is 0 Å². The molecule has 2 unspecified atom stereocenters. The van der Waals surface area contributed by atoms with Crippen LogP contribution in [0.15, 0.2) is 0 Å². The molecule has 0 aromatic heterocycles. The van der Waals surface area contributed by atoms with Crippen LogP contribution in [0.5, 0.6) is 0 Å². The normalized spacial score (nSPS) is 12.9. The van der Waals surface area contributed by atoms with E-state index in [4.69, 9.17) is 18.5 Å². The van der Waals surface area contributed by atoms with Crippen molar-refractivity contribution in [2.24, 2.45) is 0 Å². The van der Waals surface area contributed by atoms with Gasteiger partial charge in [-0.05, 0) is 12.8 Å². The average Bonchev–Trinajstić information content (AvgIpc) is 3.17. The molecule has 326 valence electrons. The zero-order valence-corrected chi connectivity index (χ0v) is 36.5. The van der Waals surface area contributed by atoms with Gasteiger partial charge in [0.1, 0.15) is 6.61 Å². The van der Waals surface area contributed by atoms with Crippen molar-refractivity contribution in [3.05, 3.63) is 0 Å². The molecule has 11 nitrogen and oxygen atoms in total. The number of alkyl carbamates (subject to hydrolysis) is 1. The number of carbonyl (C=O) groups excluding carboxylic acids is 3. The lowest BCUT2D eigenvalue weighted by atomic mass is 10.0. The van der Waals surface area contributed by atoms with Gasteiger partial charge in [0, 0.05) is 19.4 Å². The Morgan fingerprint density at radius 2 is 0.891 bits per heavy atom. The first-order valence-corrected chi connectivity index (χ1v) is 24.0. The number of amides is 1. The predicted molar refractivity (Wildman–Crippen MR) is 222 cm³/mol. The van der Waals surface area contributed by atoms with Gasteiger partial charge in [-0.25, -0.2) is 9.36 Å². The van der Waals surface area contributed by atoms with Crippen LogP contribution < -0.4 is 5.32 Å². The van der Waals surface area contributed by atoms with E-state index in [-0.39, 0.29) is 32.6 Å². The van der Waals surface area contributed by atoms with Gasteiger partial charge in [0.05, 0.1) is 20.3 Å². The molecule has 2 N–H and O–H groups in total. The quantitative estimate of drug-likeness (QED) is 0.0264. The van der Waals surface area contributed by atoms with Crippen molar-refractivity contribution in [1.82, 2.24) is 5.32 Å². The van der Waals surface area contributed by atoms with Crippen LogP contribution in [0.2, 0.25) is 0 Å². The summed E-state index contributed by atoms with van der Waals surface area (Å²) in [6, 6.07) is 0. The number of methoxy groups -OCH3 is 1. The summed E-state index contributed by atoms with van der Waals surface area (Å²) in [6.07, 6.45) is 35.7. The molecule has 0 bridgehead atoms. The number of phosphoric acid groups is 1. The molecule has 55 heavy (non-hydrogen) atoms. The standard InChI is InChI=1S/C43H84NO10P/c1-4-6-8-10-12-14-16-18-20-22-24-26-28-30-32-34-41(45)51-38-40(39-53-55(48,49)52-37-36-44-43(47)50-3)54-42(46)35-33-31-29-27-25-23-21-19-17-15-13-11-9-7-5-2/h40H,4-39H2,1-3H3,(H,44,47)(H,48,49). The van der Waals surface area contributed by atoms with Crippen LogP contribution in [0.3, 0.4) is 0 Å². The first-order valence-electron chi connectivity index (χ1n) is 22.5. The number of hydrogen-bond donors (Lipinski definition) is 2. The number of ether oxygens (including phenoxy) is 3.